The number of aryl methyl sites for hydroxylation is 2. The van der Waals surface area contributed by atoms with Crippen molar-refractivity contribution in [3.63, 3.8) is 0 Å². The zero-order valence-electron chi connectivity index (χ0n) is 23.7. The van der Waals surface area contributed by atoms with E-state index in [4.69, 9.17) is 30.5 Å². The van der Waals surface area contributed by atoms with Gasteiger partial charge >= 0.3 is 0 Å². The van der Waals surface area contributed by atoms with Crippen LogP contribution in [0.2, 0.25) is 5.02 Å². The summed E-state index contributed by atoms with van der Waals surface area (Å²) < 4.78 is 27.7. The average Bonchev–Trinajstić information content (AvgIpc) is 3.70. The van der Waals surface area contributed by atoms with Gasteiger partial charge in [-0.05, 0) is 52.9 Å². The first kappa shape index (κ1) is 29.0. The quantitative estimate of drug-likeness (QED) is 0.221. The zero-order valence-corrected chi connectivity index (χ0v) is 25.2. The number of rotatable bonds is 10. The molecule has 9 nitrogen and oxygen atoms in total. The molecule has 43 heavy (non-hydrogen) atoms. The van der Waals surface area contributed by atoms with E-state index in [2.05, 4.69) is 56.1 Å². The molecule has 0 saturated carbocycles. The van der Waals surface area contributed by atoms with Crippen molar-refractivity contribution < 1.29 is 35.9 Å². The molecule has 0 radical (unpaired) electrons. The SMILES string of the molecule is COc1ccc2cc3[n+](cc2c1OCCN(CCn1cncn1)Cc1cccc(Cl)c1)CCc1cc2c(cc1-3)OCO2.[Cl-]. The molecule has 0 N–H and O–H groups in total. The van der Waals surface area contributed by atoms with Crippen LogP contribution in [0.4, 0.5) is 0 Å². The Morgan fingerprint density at radius 1 is 1.07 bits per heavy atom. The van der Waals surface area contributed by atoms with E-state index in [9.17, 15) is 0 Å². The Bertz CT molecular complexity index is 1750. The van der Waals surface area contributed by atoms with Crippen LogP contribution in [-0.2, 0) is 26.1 Å². The van der Waals surface area contributed by atoms with Crippen LogP contribution >= 0.6 is 11.6 Å². The highest BCUT2D eigenvalue weighted by atomic mass is 35.5. The van der Waals surface area contributed by atoms with Crippen molar-refractivity contribution in [1.82, 2.24) is 19.7 Å². The average molecular weight is 621 g/mol. The largest absolute Gasteiger partial charge is 1.00 e. The molecule has 0 unspecified atom stereocenters. The molecule has 0 atom stereocenters. The van der Waals surface area contributed by atoms with Crippen LogP contribution in [0, 0.1) is 0 Å². The van der Waals surface area contributed by atoms with Gasteiger partial charge in [0.15, 0.2) is 35.7 Å². The number of nitrogens with zero attached hydrogens (tertiary/aromatic N) is 5. The lowest BCUT2D eigenvalue weighted by Crippen LogP contribution is -3.00. The van der Waals surface area contributed by atoms with Crippen LogP contribution in [0.1, 0.15) is 11.1 Å². The minimum absolute atomic E-state index is 0. The van der Waals surface area contributed by atoms with Gasteiger partial charge in [-0.25, -0.2) is 4.98 Å². The summed E-state index contributed by atoms with van der Waals surface area (Å²) in [5, 5.41) is 7.09. The van der Waals surface area contributed by atoms with Gasteiger partial charge in [0.05, 0.1) is 24.6 Å². The summed E-state index contributed by atoms with van der Waals surface area (Å²) in [6.07, 6.45) is 6.39. The molecule has 3 aromatic carbocycles. The lowest BCUT2D eigenvalue weighted by atomic mass is 9.95. The summed E-state index contributed by atoms with van der Waals surface area (Å²) in [7, 11) is 1.68. The smallest absolute Gasteiger partial charge is 0.231 e. The maximum absolute atomic E-state index is 6.51. The van der Waals surface area contributed by atoms with E-state index in [1.54, 1.807) is 19.8 Å². The maximum Gasteiger partial charge on any atom is 0.231 e. The Labute approximate surface area is 260 Å². The summed E-state index contributed by atoms with van der Waals surface area (Å²) in [6.45, 7) is 4.58. The highest BCUT2D eigenvalue weighted by molar-refractivity contribution is 6.30. The fraction of sp³-hybridized carbons (Fsp3) is 0.281. The first-order valence-electron chi connectivity index (χ1n) is 14.0. The molecule has 0 amide bonds. The molecule has 222 valence electrons. The van der Waals surface area contributed by atoms with Gasteiger partial charge in [0, 0.05) is 37.1 Å². The lowest BCUT2D eigenvalue weighted by Gasteiger charge is -2.23. The Hall–Kier alpha value is -4.05. The van der Waals surface area contributed by atoms with Crippen molar-refractivity contribution in [2.24, 2.45) is 0 Å². The molecule has 2 aromatic heterocycles. The van der Waals surface area contributed by atoms with Gasteiger partial charge in [-0.3, -0.25) is 9.58 Å². The fourth-order valence-electron chi connectivity index (χ4n) is 5.74. The number of benzene rings is 3. The third-order valence-corrected chi connectivity index (χ3v) is 8.09. The number of fused-ring (bicyclic) bond motifs is 5. The summed E-state index contributed by atoms with van der Waals surface area (Å²) in [5.74, 6) is 3.09. The van der Waals surface area contributed by atoms with Crippen molar-refractivity contribution in [3.8, 4) is 34.3 Å². The van der Waals surface area contributed by atoms with E-state index in [0.29, 0.717) is 18.9 Å². The van der Waals surface area contributed by atoms with E-state index in [1.165, 1.54) is 11.1 Å². The minimum Gasteiger partial charge on any atom is -1.00 e. The van der Waals surface area contributed by atoms with Crippen LogP contribution in [0.5, 0.6) is 23.0 Å². The lowest BCUT2D eigenvalue weighted by molar-refractivity contribution is -0.686. The molecule has 2 aliphatic heterocycles. The number of methoxy groups -OCH3 is 1. The molecule has 4 heterocycles. The first-order valence-corrected chi connectivity index (χ1v) is 14.4. The Morgan fingerprint density at radius 3 is 2.77 bits per heavy atom. The second kappa shape index (κ2) is 12.7. The van der Waals surface area contributed by atoms with E-state index in [1.807, 2.05) is 28.9 Å². The highest BCUT2D eigenvalue weighted by Gasteiger charge is 2.28. The molecule has 0 fully saturated rings. The summed E-state index contributed by atoms with van der Waals surface area (Å²) in [5.41, 5.74) is 4.75. The fourth-order valence-corrected chi connectivity index (χ4v) is 5.95. The summed E-state index contributed by atoms with van der Waals surface area (Å²) in [6, 6.07) is 18.5. The second-order valence-corrected chi connectivity index (χ2v) is 10.9. The number of pyridine rings is 1. The standard InChI is InChI=1S/C32H31ClN5O4.ClH/c1-39-29-6-5-23-14-28-26-16-31-30(41-21-42-31)15-24(26)7-8-37(28)18-27(23)32(29)40-12-11-36(9-10-38-20-34-19-35-38)17-22-3-2-4-25(33)13-22;/h2-6,13-16,18-20H,7-12,17,21H2,1H3;1H/q+1;/p-1. The van der Waals surface area contributed by atoms with Crippen molar-refractivity contribution in [2.45, 2.75) is 26.1 Å². The second-order valence-electron chi connectivity index (χ2n) is 10.5. The van der Waals surface area contributed by atoms with Gasteiger partial charge in [-0.15, -0.1) is 0 Å². The van der Waals surface area contributed by atoms with E-state index in [0.717, 1.165) is 76.9 Å². The topological polar surface area (TPSA) is 74.8 Å². The van der Waals surface area contributed by atoms with Crippen molar-refractivity contribution in [1.29, 1.82) is 0 Å². The number of ether oxygens (including phenoxy) is 4. The van der Waals surface area contributed by atoms with Gasteiger partial charge < -0.3 is 31.4 Å². The molecule has 0 aliphatic carbocycles. The van der Waals surface area contributed by atoms with Crippen molar-refractivity contribution in [2.75, 3.05) is 33.6 Å². The molecular weight excluding hydrogens is 589 g/mol. The minimum atomic E-state index is 0. The number of hydrogen-bond donors (Lipinski definition) is 0. The summed E-state index contributed by atoms with van der Waals surface area (Å²) in [4.78, 5) is 6.40. The van der Waals surface area contributed by atoms with Crippen LogP contribution in [0.25, 0.3) is 22.0 Å². The van der Waals surface area contributed by atoms with Crippen LogP contribution < -0.4 is 35.9 Å². The molecule has 7 rings (SSSR count). The number of halogens is 2. The third kappa shape index (κ3) is 6.06. The molecule has 0 saturated heterocycles. The molecule has 5 aromatic rings. The third-order valence-electron chi connectivity index (χ3n) is 7.86. The Kier molecular flexibility index (Phi) is 8.56. The van der Waals surface area contributed by atoms with Gasteiger partial charge in [-0.1, -0.05) is 23.7 Å². The molecule has 0 spiro atoms. The van der Waals surface area contributed by atoms with Crippen LogP contribution in [0.15, 0.2) is 73.4 Å². The number of aromatic nitrogens is 4. The Balaban J connectivity index is 0.00000329. The summed E-state index contributed by atoms with van der Waals surface area (Å²) >= 11 is 6.27. The predicted molar refractivity (Wildman–Crippen MR) is 158 cm³/mol. The highest BCUT2D eigenvalue weighted by Crippen LogP contribution is 2.41. The Morgan fingerprint density at radius 2 is 1.95 bits per heavy atom. The monoisotopic (exact) mass is 619 g/mol. The van der Waals surface area contributed by atoms with Gasteiger partial charge in [-0.2, -0.15) is 9.67 Å². The van der Waals surface area contributed by atoms with Crippen LogP contribution in [-0.4, -0.2) is 53.3 Å². The van der Waals surface area contributed by atoms with E-state index < -0.39 is 0 Å². The van der Waals surface area contributed by atoms with Gasteiger partial charge in [0.2, 0.25) is 12.5 Å². The van der Waals surface area contributed by atoms with Crippen molar-refractivity contribution >= 4 is 22.4 Å². The van der Waals surface area contributed by atoms with Gasteiger partial charge in [0.1, 0.15) is 19.3 Å². The molecule has 11 heteroatoms. The van der Waals surface area contributed by atoms with Crippen molar-refractivity contribution in [3.05, 3.63) is 89.6 Å². The number of hydrogen-bond acceptors (Lipinski definition) is 7. The van der Waals surface area contributed by atoms with Gasteiger partial charge in [0.25, 0.3) is 0 Å². The van der Waals surface area contributed by atoms with E-state index >= 15 is 0 Å². The molecule has 2 aliphatic rings. The first-order chi connectivity index (χ1) is 20.6. The predicted octanol–water partition coefficient (Wildman–Crippen LogP) is 1.92. The maximum atomic E-state index is 6.51. The molecular formula is C32H31Cl2N5O4. The normalized spacial score (nSPS) is 13.0. The zero-order chi connectivity index (χ0) is 28.5. The van der Waals surface area contributed by atoms with Crippen LogP contribution in [0.3, 0.4) is 0 Å². The van der Waals surface area contributed by atoms with E-state index in [-0.39, 0.29) is 19.2 Å². The molecule has 0 bridgehead atoms.